The minimum Gasteiger partial charge on any atom is -0.497 e. The minimum atomic E-state index is -0.429. The Balaban J connectivity index is 1.76. The minimum absolute atomic E-state index is 0.0251. The molecule has 3 rings (SSSR count). The number of ether oxygens (including phenoxy) is 2. The summed E-state index contributed by atoms with van der Waals surface area (Å²) in [4.78, 5) is 10.9. The summed E-state index contributed by atoms with van der Waals surface area (Å²) in [6, 6.07) is 8.34. The molecule has 134 valence electrons. The Kier molecular flexibility index (Phi) is 5.06. The topological polar surface area (TPSA) is 86.8 Å². The van der Waals surface area contributed by atoms with Crippen LogP contribution in [0.15, 0.2) is 34.7 Å². The first kappa shape index (κ1) is 17.4. The summed E-state index contributed by atoms with van der Waals surface area (Å²) >= 11 is 0. The van der Waals surface area contributed by atoms with Crippen molar-refractivity contribution in [2.75, 3.05) is 20.3 Å². The van der Waals surface area contributed by atoms with Crippen molar-refractivity contribution in [1.82, 2.24) is 5.32 Å². The molecule has 7 heteroatoms. The maximum atomic E-state index is 11.3. The van der Waals surface area contributed by atoms with Crippen molar-refractivity contribution in [2.24, 2.45) is 0 Å². The van der Waals surface area contributed by atoms with Gasteiger partial charge in [0.25, 0.3) is 5.69 Å². The quantitative estimate of drug-likeness (QED) is 0.636. The first-order chi connectivity index (χ1) is 12.0. The Labute approximate surface area is 146 Å². The van der Waals surface area contributed by atoms with Crippen LogP contribution in [0.2, 0.25) is 0 Å². The number of hydrogen-bond acceptors (Lipinski definition) is 6. The maximum absolute atomic E-state index is 11.3. The van der Waals surface area contributed by atoms with Crippen molar-refractivity contribution < 1.29 is 18.8 Å². The first-order valence-electron chi connectivity index (χ1n) is 8.25. The molecule has 0 unspecified atom stereocenters. The number of furan rings is 1. The summed E-state index contributed by atoms with van der Waals surface area (Å²) in [5, 5.41) is 14.8. The Morgan fingerprint density at radius 2 is 2.04 bits per heavy atom. The molecule has 1 aliphatic heterocycles. The van der Waals surface area contributed by atoms with E-state index in [1.807, 2.05) is 6.07 Å². The summed E-state index contributed by atoms with van der Waals surface area (Å²) < 4.78 is 16.3. The molecule has 0 radical (unpaired) electrons. The molecule has 2 heterocycles. The van der Waals surface area contributed by atoms with Crippen molar-refractivity contribution in [2.45, 2.75) is 31.8 Å². The standard InChI is InChI=1S/C18H22N2O5/c1-18(7-9-24-10-8-18)19-12-14-4-6-17(25-14)15-5-3-13(23-2)11-16(15)20(21)22/h3-6,11,19H,7-10,12H2,1-2H3. The zero-order valence-corrected chi connectivity index (χ0v) is 14.4. The molecular weight excluding hydrogens is 324 g/mol. The second-order valence-electron chi connectivity index (χ2n) is 6.43. The number of methoxy groups -OCH3 is 1. The van der Waals surface area contributed by atoms with Crippen LogP contribution in [-0.4, -0.2) is 30.8 Å². The lowest BCUT2D eigenvalue weighted by Gasteiger charge is -2.34. The summed E-state index contributed by atoms with van der Waals surface area (Å²) in [7, 11) is 1.48. The molecule has 0 bridgehead atoms. The molecule has 0 atom stereocenters. The van der Waals surface area contributed by atoms with Gasteiger partial charge in [-0.05, 0) is 44.0 Å². The maximum Gasteiger partial charge on any atom is 0.284 e. The van der Waals surface area contributed by atoms with E-state index in [-0.39, 0.29) is 11.2 Å². The van der Waals surface area contributed by atoms with E-state index in [4.69, 9.17) is 13.9 Å². The normalized spacial score (nSPS) is 16.6. The number of nitrogens with one attached hydrogen (secondary N) is 1. The van der Waals surface area contributed by atoms with Gasteiger partial charge in [0.1, 0.15) is 17.3 Å². The fraction of sp³-hybridized carbons (Fsp3) is 0.444. The summed E-state index contributed by atoms with van der Waals surface area (Å²) in [5.74, 6) is 1.66. The van der Waals surface area contributed by atoms with Gasteiger partial charge in [-0.3, -0.25) is 10.1 Å². The number of benzene rings is 1. The molecule has 7 nitrogen and oxygen atoms in total. The number of rotatable bonds is 6. The van der Waals surface area contributed by atoms with E-state index < -0.39 is 4.92 Å². The van der Waals surface area contributed by atoms with Gasteiger partial charge in [-0.1, -0.05) is 0 Å². The highest BCUT2D eigenvalue weighted by Crippen LogP contribution is 2.34. The van der Waals surface area contributed by atoms with Crippen LogP contribution in [0.3, 0.4) is 0 Å². The zero-order valence-electron chi connectivity index (χ0n) is 14.4. The summed E-state index contributed by atoms with van der Waals surface area (Å²) in [6.07, 6.45) is 1.90. The van der Waals surface area contributed by atoms with Gasteiger partial charge in [-0.25, -0.2) is 0 Å². The molecular formula is C18H22N2O5. The van der Waals surface area contributed by atoms with E-state index >= 15 is 0 Å². The summed E-state index contributed by atoms with van der Waals surface area (Å²) in [5.41, 5.74) is 0.427. The average Bonchev–Trinajstić information content (AvgIpc) is 3.09. The molecule has 0 amide bonds. The van der Waals surface area contributed by atoms with Crippen molar-refractivity contribution in [1.29, 1.82) is 0 Å². The number of nitro benzene ring substituents is 1. The van der Waals surface area contributed by atoms with Gasteiger partial charge < -0.3 is 19.2 Å². The Morgan fingerprint density at radius 3 is 2.72 bits per heavy atom. The van der Waals surface area contributed by atoms with Crippen LogP contribution in [0.5, 0.6) is 5.75 Å². The Hall–Kier alpha value is -2.38. The zero-order chi connectivity index (χ0) is 17.9. The molecule has 1 aromatic heterocycles. The number of nitro groups is 1. The van der Waals surface area contributed by atoms with Crippen molar-refractivity contribution >= 4 is 5.69 Å². The molecule has 1 N–H and O–H groups in total. The Bertz CT molecular complexity index is 750. The lowest BCUT2D eigenvalue weighted by atomic mass is 9.92. The molecule has 0 aliphatic carbocycles. The third-order valence-corrected chi connectivity index (χ3v) is 4.61. The van der Waals surface area contributed by atoms with E-state index in [9.17, 15) is 10.1 Å². The highest BCUT2D eigenvalue weighted by atomic mass is 16.6. The predicted molar refractivity (Wildman–Crippen MR) is 92.6 cm³/mol. The molecule has 1 aromatic carbocycles. The predicted octanol–water partition coefficient (Wildman–Crippen LogP) is 3.52. The van der Waals surface area contributed by atoms with Crippen LogP contribution in [0.1, 0.15) is 25.5 Å². The van der Waals surface area contributed by atoms with E-state index in [2.05, 4.69) is 12.2 Å². The second-order valence-corrected chi connectivity index (χ2v) is 6.43. The fourth-order valence-electron chi connectivity index (χ4n) is 2.91. The Morgan fingerprint density at radius 1 is 1.28 bits per heavy atom. The molecule has 0 saturated carbocycles. The third-order valence-electron chi connectivity index (χ3n) is 4.61. The highest BCUT2D eigenvalue weighted by Gasteiger charge is 2.27. The van der Waals surface area contributed by atoms with Gasteiger partial charge in [0.2, 0.25) is 0 Å². The van der Waals surface area contributed by atoms with Crippen LogP contribution < -0.4 is 10.1 Å². The lowest BCUT2D eigenvalue weighted by molar-refractivity contribution is -0.384. The van der Waals surface area contributed by atoms with Gasteiger partial charge in [0.05, 0.1) is 30.2 Å². The first-order valence-corrected chi connectivity index (χ1v) is 8.25. The average molecular weight is 346 g/mol. The second kappa shape index (κ2) is 7.25. The largest absolute Gasteiger partial charge is 0.497 e. The van der Waals surface area contributed by atoms with Gasteiger partial charge >= 0.3 is 0 Å². The van der Waals surface area contributed by atoms with E-state index in [0.29, 0.717) is 23.6 Å². The third kappa shape index (κ3) is 4.00. The monoisotopic (exact) mass is 346 g/mol. The van der Waals surface area contributed by atoms with Crippen LogP contribution in [0.25, 0.3) is 11.3 Å². The van der Waals surface area contributed by atoms with Crippen molar-refractivity contribution in [3.8, 4) is 17.1 Å². The van der Waals surface area contributed by atoms with Gasteiger partial charge in [0, 0.05) is 18.8 Å². The van der Waals surface area contributed by atoms with Crippen molar-refractivity contribution in [3.63, 3.8) is 0 Å². The molecule has 2 aromatic rings. The van der Waals surface area contributed by atoms with Gasteiger partial charge in [0.15, 0.2) is 0 Å². The lowest BCUT2D eigenvalue weighted by Crippen LogP contribution is -2.46. The molecule has 1 fully saturated rings. The number of hydrogen-bond donors (Lipinski definition) is 1. The van der Waals surface area contributed by atoms with Crippen LogP contribution in [-0.2, 0) is 11.3 Å². The molecule has 25 heavy (non-hydrogen) atoms. The summed E-state index contributed by atoms with van der Waals surface area (Å²) in [6.45, 7) is 4.25. The van der Waals surface area contributed by atoms with E-state index in [1.54, 1.807) is 18.2 Å². The van der Waals surface area contributed by atoms with E-state index in [1.165, 1.54) is 13.2 Å². The SMILES string of the molecule is COc1ccc(-c2ccc(CNC3(C)CCOCC3)o2)c([N+](=O)[O-])c1. The van der Waals surface area contributed by atoms with Crippen LogP contribution in [0, 0.1) is 10.1 Å². The number of nitrogens with zero attached hydrogens (tertiary/aromatic N) is 1. The van der Waals surface area contributed by atoms with Crippen LogP contribution >= 0.6 is 0 Å². The molecule has 1 saturated heterocycles. The van der Waals surface area contributed by atoms with Crippen LogP contribution in [0.4, 0.5) is 5.69 Å². The van der Waals surface area contributed by atoms with Crippen molar-refractivity contribution in [3.05, 3.63) is 46.2 Å². The molecule has 0 spiro atoms. The molecule has 1 aliphatic rings. The highest BCUT2D eigenvalue weighted by molar-refractivity contribution is 5.71. The fourth-order valence-corrected chi connectivity index (χ4v) is 2.91. The smallest absolute Gasteiger partial charge is 0.284 e. The van der Waals surface area contributed by atoms with Gasteiger partial charge in [-0.2, -0.15) is 0 Å². The van der Waals surface area contributed by atoms with E-state index in [0.717, 1.165) is 31.8 Å². The van der Waals surface area contributed by atoms with Gasteiger partial charge in [-0.15, -0.1) is 0 Å².